The first-order chi connectivity index (χ1) is 8.14. The van der Waals surface area contributed by atoms with Crippen LogP contribution in [0.2, 0.25) is 0 Å². The largest absolute Gasteiger partial charge is 0.311 e. The van der Waals surface area contributed by atoms with Crippen LogP contribution in [0.5, 0.6) is 0 Å². The van der Waals surface area contributed by atoms with Crippen molar-refractivity contribution < 1.29 is 0 Å². The van der Waals surface area contributed by atoms with E-state index < -0.39 is 0 Å². The molecule has 1 aromatic heterocycles. The number of hydrogen-bond acceptors (Lipinski definition) is 3. The molecular formula is C13H24N4. The number of rotatable bonds is 5. The quantitative estimate of drug-likeness (QED) is 0.817. The van der Waals surface area contributed by atoms with Crippen molar-refractivity contribution in [3.05, 3.63) is 17.5 Å². The number of H-pyrrole nitrogens is 1. The fourth-order valence-electron chi connectivity index (χ4n) is 2.80. The molecule has 4 heteroatoms. The van der Waals surface area contributed by atoms with Crippen molar-refractivity contribution in [2.24, 2.45) is 0 Å². The van der Waals surface area contributed by atoms with Gasteiger partial charge in [0, 0.05) is 29.9 Å². The van der Waals surface area contributed by atoms with Gasteiger partial charge in [0.25, 0.3) is 0 Å². The Morgan fingerprint density at radius 1 is 1.41 bits per heavy atom. The summed E-state index contributed by atoms with van der Waals surface area (Å²) in [6, 6.07) is 0. The van der Waals surface area contributed by atoms with Gasteiger partial charge in [0.05, 0.1) is 6.20 Å². The molecule has 0 aromatic carbocycles. The highest BCUT2D eigenvalue weighted by molar-refractivity contribution is 5.14. The van der Waals surface area contributed by atoms with E-state index >= 15 is 0 Å². The number of likely N-dealkylation sites (N-methyl/N-ethyl adjacent to an activating group) is 1. The van der Waals surface area contributed by atoms with E-state index in [0.717, 1.165) is 13.1 Å². The van der Waals surface area contributed by atoms with Crippen molar-refractivity contribution in [3.8, 4) is 0 Å². The van der Waals surface area contributed by atoms with Crippen molar-refractivity contribution in [2.45, 2.75) is 44.7 Å². The van der Waals surface area contributed by atoms with E-state index in [9.17, 15) is 0 Å². The summed E-state index contributed by atoms with van der Waals surface area (Å²) in [5.74, 6) is 0. The van der Waals surface area contributed by atoms with Crippen LogP contribution in [0, 0.1) is 6.92 Å². The van der Waals surface area contributed by atoms with E-state index in [1.165, 1.54) is 36.9 Å². The molecule has 1 saturated carbocycles. The van der Waals surface area contributed by atoms with Crippen molar-refractivity contribution in [3.63, 3.8) is 0 Å². The lowest BCUT2D eigenvalue weighted by atomic mass is 9.96. The molecule has 2 N–H and O–H groups in total. The number of aryl methyl sites for hydroxylation is 1. The summed E-state index contributed by atoms with van der Waals surface area (Å²) in [5.41, 5.74) is 2.82. The van der Waals surface area contributed by atoms with Crippen LogP contribution in [0.25, 0.3) is 0 Å². The highest BCUT2D eigenvalue weighted by Crippen LogP contribution is 2.33. The Kier molecular flexibility index (Phi) is 3.84. The normalized spacial score (nSPS) is 19.1. The minimum absolute atomic E-state index is 0.373. The zero-order valence-corrected chi connectivity index (χ0v) is 11.2. The summed E-state index contributed by atoms with van der Waals surface area (Å²) in [7, 11) is 4.41. The number of nitrogens with zero attached hydrogens (tertiary/aromatic N) is 2. The average molecular weight is 236 g/mol. The van der Waals surface area contributed by atoms with E-state index in [2.05, 4.69) is 41.4 Å². The fourth-order valence-corrected chi connectivity index (χ4v) is 2.80. The van der Waals surface area contributed by atoms with Crippen molar-refractivity contribution in [1.82, 2.24) is 20.4 Å². The standard InChI is InChI=1S/C13H24N4/c1-11-12(9-15-16-11)8-14-10-13(17(2)3)6-4-5-7-13/h9,14H,4-8,10H2,1-3H3,(H,15,16). The second-order valence-corrected chi connectivity index (χ2v) is 5.45. The molecule has 0 unspecified atom stereocenters. The predicted molar refractivity (Wildman–Crippen MR) is 69.9 cm³/mol. The molecule has 1 aliphatic carbocycles. The van der Waals surface area contributed by atoms with E-state index in [0.29, 0.717) is 5.54 Å². The van der Waals surface area contributed by atoms with Gasteiger partial charge in [-0.15, -0.1) is 0 Å². The van der Waals surface area contributed by atoms with E-state index in [4.69, 9.17) is 0 Å². The van der Waals surface area contributed by atoms with E-state index in [1.807, 2.05) is 6.20 Å². The summed E-state index contributed by atoms with van der Waals surface area (Å²) >= 11 is 0. The first-order valence-corrected chi connectivity index (χ1v) is 6.51. The van der Waals surface area contributed by atoms with Gasteiger partial charge in [0.15, 0.2) is 0 Å². The molecule has 96 valence electrons. The van der Waals surface area contributed by atoms with Crippen LogP contribution in [-0.4, -0.2) is 41.3 Å². The molecule has 0 amide bonds. The monoisotopic (exact) mass is 236 g/mol. The molecule has 1 heterocycles. The third-order valence-electron chi connectivity index (χ3n) is 4.19. The van der Waals surface area contributed by atoms with Gasteiger partial charge in [0.1, 0.15) is 0 Å². The molecule has 1 fully saturated rings. The van der Waals surface area contributed by atoms with Crippen LogP contribution in [0.3, 0.4) is 0 Å². The van der Waals surface area contributed by atoms with Crippen LogP contribution in [0.15, 0.2) is 6.20 Å². The fraction of sp³-hybridized carbons (Fsp3) is 0.769. The van der Waals surface area contributed by atoms with Gasteiger partial charge in [-0.25, -0.2) is 0 Å². The predicted octanol–water partition coefficient (Wildman–Crippen LogP) is 1.68. The highest BCUT2D eigenvalue weighted by Gasteiger charge is 2.35. The lowest BCUT2D eigenvalue weighted by molar-refractivity contribution is 0.153. The molecule has 0 atom stereocenters. The molecule has 0 bridgehead atoms. The Bertz CT molecular complexity index is 350. The molecule has 0 saturated heterocycles. The van der Waals surface area contributed by atoms with Crippen molar-refractivity contribution in [2.75, 3.05) is 20.6 Å². The number of hydrogen-bond donors (Lipinski definition) is 2. The summed E-state index contributed by atoms with van der Waals surface area (Å²) in [4.78, 5) is 2.40. The van der Waals surface area contributed by atoms with Crippen LogP contribution in [-0.2, 0) is 6.54 Å². The molecule has 0 radical (unpaired) electrons. The maximum Gasteiger partial charge on any atom is 0.0535 e. The molecule has 4 nitrogen and oxygen atoms in total. The molecule has 1 aliphatic rings. The average Bonchev–Trinajstić information content (AvgIpc) is 2.90. The van der Waals surface area contributed by atoms with Crippen LogP contribution in [0.1, 0.15) is 36.9 Å². The minimum atomic E-state index is 0.373. The Morgan fingerprint density at radius 3 is 2.65 bits per heavy atom. The summed E-state index contributed by atoms with van der Waals surface area (Å²) < 4.78 is 0. The Labute approximate surface area is 104 Å². The topological polar surface area (TPSA) is 44.0 Å². The van der Waals surface area contributed by atoms with Gasteiger partial charge in [-0.05, 0) is 33.9 Å². The van der Waals surface area contributed by atoms with Gasteiger partial charge in [-0.3, -0.25) is 5.10 Å². The van der Waals surface area contributed by atoms with Crippen molar-refractivity contribution >= 4 is 0 Å². The summed E-state index contributed by atoms with van der Waals surface area (Å²) in [6.07, 6.45) is 7.28. The van der Waals surface area contributed by atoms with Gasteiger partial charge < -0.3 is 10.2 Å². The van der Waals surface area contributed by atoms with Gasteiger partial charge in [-0.2, -0.15) is 5.10 Å². The highest BCUT2D eigenvalue weighted by atomic mass is 15.2. The minimum Gasteiger partial charge on any atom is -0.311 e. The summed E-state index contributed by atoms with van der Waals surface area (Å²) in [5, 5.41) is 10.6. The van der Waals surface area contributed by atoms with Crippen LogP contribution in [0.4, 0.5) is 0 Å². The van der Waals surface area contributed by atoms with Crippen LogP contribution < -0.4 is 5.32 Å². The van der Waals surface area contributed by atoms with Gasteiger partial charge in [0.2, 0.25) is 0 Å². The SMILES string of the molecule is Cc1[nH]ncc1CNCC1(N(C)C)CCCC1. The smallest absolute Gasteiger partial charge is 0.0535 e. The molecule has 0 aliphatic heterocycles. The van der Waals surface area contributed by atoms with Crippen LogP contribution >= 0.6 is 0 Å². The molecule has 0 spiro atoms. The van der Waals surface area contributed by atoms with Gasteiger partial charge in [-0.1, -0.05) is 12.8 Å². The second kappa shape index (κ2) is 5.19. The molecule has 17 heavy (non-hydrogen) atoms. The lowest BCUT2D eigenvalue weighted by Gasteiger charge is -2.36. The maximum absolute atomic E-state index is 4.05. The second-order valence-electron chi connectivity index (χ2n) is 5.45. The van der Waals surface area contributed by atoms with E-state index in [1.54, 1.807) is 0 Å². The number of aromatic amines is 1. The first-order valence-electron chi connectivity index (χ1n) is 6.51. The molecular weight excluding hydrogens is 212 g/mol. The molecule has 2 rings (SSSR count). The zero-order valence-electron chi connectivity index (χ0n) is 11.2. The summed E-state index contributed by atoms with van der Waals surface area (Å²) in [6.45, 7) is 4.06. The van der Waals surface area contributed by atoms with Crippen molar-refractivity contribution in [1.29, 1.82) is 0 Å². The van der Waals surface area contributed by atoms with E-state index in [-0.39, 0.29) is 0 Å². The Morgan fingerprint density at radius 2 is 2.12 bits per heavy atom. The maximum atomic E-state index is 4.05. The third kappa shape index (κ3) is 2.69. The van der Waals surface area contributed by atoms with Gasteiger partial charge >= 0.3 is 0 Å². The first kappa shape index (κ1) is 12.6. The number of aromatic nitrogens is 2. The molecule has 1 aromatic rings. The lowest BCUT2D eigenvalue weighted by Crippen LogP contribution is -2.49. The third-order valence-corrected chi connectivity index (χ3v) is 4.19. The zero-order chi connectivity index (χ0) is 12.3. The Hall–Kier alpha value is -0.870. The number of nitrogens with one attached hydrogen (secondary N) is 2. The Balaban J connectivity index is 1.86.